The third-order valence-corrected chi connectivity index (χ3v) is 4.31. The van der Waals surface area contributed by atoms with Crippen molar-refractivity contribution in [3.8, 4) is 11.4 Å². The first-order valence-corrected chi connectivity index (χ1v) is 7.65. The summed E-state index contributed by atoms with van der Waals surface area (Å²) in [7, 11) is 0. The second kappa shape index (κ2) is 5.27. The second-order valence-electron chi connectivity index (χ2n) is 5.66. The number of H-pyrrole nitrogens is 1. The Morgan fingerprint density at radius 1 is 1.35 bits per heavy atom. The lowest BCUT2D eigenvalue weighted by Crippen LogP contribution is -2.34. The average molecular weight is 313 g/mol. The molecule has 0 bridgehead atoms. The molecule has 0 fully saturated rings. The molecule has 3 heterocycles. The summed E-state index contributed by atoms with van der Waals surface area (Å²) in [5.74, 6) is -0.167. The number of nitrogens with zero attached hydrogens (tertiary/aromatic N) is 4. The van der Waals surface area contributed by atoms with Gasteiger partial charge < -0.3 is 4.98 Å². The number of likely N-dealkylation sites (N-methyl/N-ethyl adjacent to an activating group) is 1. The summed E-state index contributed by atoms with van der Waals surface area (Å²) >= 11 is 0. The van der Waals surface area contributed by atoms with Gasteiger partial charge >= 0.3 is 5.69 Å². The summed E-state index contributed by atoms with van der Waals surface area (Å²) in [6.45, 7) is 4.65. The average Bonchev–Trinajstić information content (AvgIpc) is 3.01. The van der Waals surface area contributed by atoms with Crippen LogP contribution < -0.4 is 5.69 Å². The normalized spacial score (nSPS) is 15.0. The van der Waals surface area contributed by atoms with Crippen LogP contribution in [-0.4, -0.2) is 37.6 Å². The van der Waals surface area contributed by atoms with Gasteiger partial charge in [0.25, 0.3) is 0 Å². The maximum absolute atomic E-state index is 14.0. The third kappa shape index (κ3) is 2.24. The van der Waals surface area contributed by atoms with E-state index in [1.165, 1.54) is 10.6 Å². The molecule has 0 atom stereocenters. The van der Waals surface area contributed by atoms with Crippen LogP contribution in [0.3, 0.4) is 0 Å². The molecule has 1 aromatic carbocycles. The number of rotatable bonds is 2. The molecule has 4 rings (SSSR count). The van der Waals surface area contributed by atoms with Crippen LogP contribution in [0, 0.1) is 5.82 Å². The van der Waals surface area contributed by atoms with Gasteiger partial charge in [0.05, 0.1) is 5.56 Å². The third-order valence-electron chi connectivity index (χ3n) is 4.31. The Balaban J connectivity index is 1.94. The fraction of sp³-hybridized carbons (Fsp3) is 0.312. The van der Waals surface area contributed by atoms with E-state index in [2.05, 4.69) is 26.9 Å². The summed E-state index contributed by atoms with van der Waals surface area (Å²) in [6, 6.07) is 6.31. The van der Waals surface area contributed by atoms with Gasteiger partial charge in [-0.25, -0.2) is 14.2 Å². The van der Waals surface area contributed by atoms with E-state index in [9.17, 15) is 9.18 Å². The molecular weight excluding hydrogens is 297 g/mol. The van der Waals surface area contributed by atoms with E-state index in [0.29, 0.717) is 17.8 Å². The quantitative estimate of drug-likeness (QED) is 0.780. The minimum atomic E-state index is -0.399. The zero-order valence-corrected chi connectivity index (χ0v) is 12.7. The van der Waals surface area contributed by atoms with Crippen molar-refractivity contribution in [2.75, 3.05) is 13.1 Å². The second-order valence-corrected chi connectivity index (χ2v) is 5.66. The number of aromatic amines is 1. The monoisotopic (exact) mass is 313 g/mol. The van der Waals surface area contributed by atoms with Gasteiger partial charge in [0.1, 0.15) is 5.82 Å². The number of aromatic nitrogens is 4. The molecule has 0 saturated heterocycles. The molecule has 0 amide bonds. The molecule has 0 spiro atoms. The first-order valence-electron chi connectivity index (χ1n) is 7.65. The Hall–Kier alpha value is -2.54. The molecule has 0 radical (unpaired) electrons. The first kappa shape index (κ1) is 14.1. The van der Waals surface area contributed by atoms with Crippen molar-refractivity contribution < 1.29 is 4.39 Å². The highest BCUT2D eigenvalue weighted by Gasteiger charge is 2.22. The van der Waals surface area contributed by atoms with Gasteiger partial charge in [0, 0.05) is 30.8 Å². The smallest absolute Gasteiger partial charge is 0.309 e. The van der Waals surface area contributed by atoms with Crippen molar-refractivity contribution in [1.29, 1.82) is 0 Å². The van der Waals surface area contributed by atoms with Crippen molar-refractivity contribution in [3.63, 3.8) is 0 Å². The first-order chi connectivity index (χ1) is 11.2. The summed E-state index contributed by atoms with van der Waals surface area (Å²) in [5.41, 5.74) is 2.35. The molecule has 1 aliphatic heterocycles. The molecule has 118 valence electrons. The van der Waals surface area contributed by atoms with Gasteiger partial charge in [-0.2, -0.15) is 4.52 Å². The van der Waals surface area contributed by atoms with E-state index in [1.54, 1.807) is 18.2 Å². The Labute approximate surface area is 131 Å². The SMILES string of the molecule is CCN1CCc2[nH]c(=O)n3nc(-c4ccccc4F)nc3c2C1. The molecule has 3 aromatic rings. The molecule has 0 unspecified atom stereocenters. The minimum absolute atomic E-state index is 0.232. The van der Waals surface area contributed by atoms with Gasteiger partial charge in [0.15, 0.2) is 11.5 Å². The van der Waals surface area contributed by atoms with Crippen LogP contribution >= 0.6 is 0 Å². The standard InChI is InChI=1S/C16H16FN5O/c1-2-21-8-7-13-11(9-21)15-19-14(20-22(15)16(23)18-13)10-5-3-4-6-12(10)17/h3-6H,2,7-9H2,1H3,(H,18,23). The highest BCUT2D eigenvalue weighted by atomic mass is 19.1. The number of hydrogen-bond donors (Lipinski definition) is 1. The maximum Gasteiger partial charge on any atom is 0.348 e. The number of halogens is 1. The van der Waals surface area contributed by atoms with Crippen LogP contribution in [0.4, 0.5) is 4.39 Å². The molecule has 1 aliphatic rings. The van der Waals surface area contributed by atoms with Gasteiger partial charge in [-0.05, 0) is 18.7 Å². The fourth-order valence-electron chi connectivity index (χ4n) is 3.02. The molecule has 2 aromatic heterocycles. The largest absolute Gasteiger partial charge is 0.348 e. The van der Waals surface area contributed by atoms with E-state index in [4.69, 9.17) is 0 Å². The van der Waals surface area contributed by atoms with Crippen LogP contribution in [0.15, 0.2) is 29.1 Å². The van der Waals surface area contributed by atoms with Crippen molar-refractivity contribution in [1.82, 2.24) is 24.5 Å². The number of benzene rings is 1. The Kier molecular flexibility index (Phi) is 3.23. The van der Waals surface area contributed by atoms with Crippen molar-refractivity contribution >= 4 is 5.65 Å². The lowest BCUT2D eigenvalue weighted by molar-refractivity contribution is 0.266. The number of hydrogen-bond acceptors (Lipinski definition) is 4. The van der Waals surface area contributed by atoms with Crippen LogP contribution in [0.5, 0.6) is 0 Å². The predicted molar refractivity (Wildman–Crippen MR) is 83.7 cm³/mol. The fourth-order valence-corrected chi connectivity index (χ4v) is 3.02. The Morgan fingerprint density at radius 2 is 2.17 bits per heavy atom. The van der Waals surface area contributed by atoms with Gasteiger partial charge in [-0.1, -0.05) is 19.1 Å². The minimum Gasteiger partial charge on any atom is -0.309 e. The van der Waals surface area contributed by atoms with Crippen LogP contribution in [0.25, 0.3) is 17.0 Å². The lowest BCUT2D eigenvalue weighted by atomic mass is 10.1. The number of nitrogens with one attached hydrogen (secondary N) is 1. The van der Waals surface area contributed by atoms with Gasteiger partial charge in [0.2, 0.25) is 0 Å². The maximum atomic E-state index is 14.0. The number of fused-ring (bicyclic) bond motifs is 3. The van der Waals surface area contributed by atoms with Crippen molar-refractivity contribution in [2.24, 2.45) is 0 Å². The van der Waals surface area contributed by atoms with Gasteiger partial charge in [-0.3, -0.25) is 4.90 Å². The predicted octanol–water partition coefficient (Wildman–Crippen LogP) is 1.60. The van der Waals surface area contributed by atoms with E-state index < -0.39 is 5.82 Å². The summed E-state index contributed by atoms with van der Waals surface area (Å²) < 4.78 is 15.2. The van der Waals surface area contributed by atoms with Crippen molar-refractivity contribution in [3.05, 3.63) is 51.8 Å². The zero-order valence-electron chi connectivity index (χ0n) is 12.7. The van der Waals surface area contributed by atoms with E-state index in [0.717, 1.165) is 30.8 Å². The van der Waals surface area contributed by atoms with Gasteiger partial charge in [-0.15, -0.1) is 5.10 Å². The molecular formula is C16H16FN5O. The zero-order chi connectivity index (χ0) is 16.0. The molecule has 0 saturated carbocycles. The molecule has 6 nitrogen and oxygen atoms in total. The van der Waals surface area contributed by atoms with E-state index >= 15 is 0 Å². The Bertz CT molecular complexity index is 945. The van der Waals surface area contributed by atoms with Crippen LogP contribution in [-0.2, 0) is 13.0 Å². The summed E-state index contributed by atoms with van der Waals surface area (Å²) in [6.07, 6.45) is 0.775. The lowest BCUT2D eigenvalue weighted by Gasteiger charge is -2.26. The molecule has 23 heavy (non-hydrogen) atoms. The van der Waals surface area contributed by atoms with Crippen molar-refractivity contribution in [2.45, 2.75) is 19.9 Å². The highest BCUT2D eigenvalue weighted by molar-refractivity contribution is 5.61. The Morgan fingerprint density at radius 3 is 2.96 bits per heavy atom. The summed E-state index contributed by atoms with van der Waals surface area (Å²) in [5, 5.41) is 4.21. The molecule has 1 N–H and O–H groups in total. The van der Waals surface area contributed by atoms with E-state index in [-0.39, 0.29) is 11.5 Å². The molecule has 7 heteroatoms. The van der Waals surface area contributed by atoms with E-state index in [1.807, 2.05) is 0 Å². The highest BCUT2D eigenvalue weighted by Crippen LogP contribution is 2.23. The topological polar surface area (TPSA) is 66.3 Å². The van der Waals surface area contributed by atoms with Crippen LogP contribution in [0.2, 0.25) is 0 Å². The summed E-state index contributed by atoms with van der Waals surface area (Å²) in [4.78, 5) is 21.8. The van der Waals surface area contributed by atoms with Crippen LogP contribution in [0.1, 0.15) is 18.2 Å². The molecule has 0 aliphatic carbocycles.